The smallest absolute Gasteiger partial charge is 0.290 e. The average molecular weight is 175 g/mol. The Kier molecular flexibility index (Phi) is 3.06. The number of rotatable bonds is 0. The van der Waals surface area contributed by atoms with Gasteiger partial charge in [-0.15, -0.1) is 0 Å². The van der Waals surface area contributed by atoms with Gasteiger partial charge in [-0.05, 0) is 12.1 Å². The fourth-order valence-electron chi connectivity index (χ4n) is 0.413. The van der Waals surface area contributed by atoms with Gasteiger partial charge in [-0.1, -0.05) is 0 Å². The number of H-pyrrole nitrogens is 1. The molecule has 4 heteroatoms. The van der Waals surface area contributed by atoms with E-state index in [1.807, 2.05) is 0 Å². The Balaban J connectivity index is 0.000000640. The van der Waals surface area contributed by atoms with Crippen LogP contribution in [0, 0.1) is 0 Å². The summed E-state index contributed by atoms with van der Waals surface area (Å²) >= 11 is 0. The zero-order valence-corrected chi connectivity index (χ0v) is 5.33. The van der Waals surface area contributed by atoms with Gasteiger partial charge in [0.1, 0.15) is 0 Å². The minimum Gasteiger partial charge on any atom is -0.503 e. The van der Waals surface area contributed by atoms with Crippen molar-refractivity contribution in [2.45, 2.75) is 0 Å². The number of hydrogen-bond acceptors (Lipinski definition) is 2. The van der Waals surface area contributed by atoms with Gasteiger partial charge in [0.25, 0.3) is 5.56 Å². The number of aromatic nitrogens is 1. The first-order chi connectivity index (χ1) is 3.80. The minimum absolute atomic E-state index is 0. The van der Waals surface area contributed by atoms with Gasteiger partial charge in [-0.25, -0.2) is 0 Å². The molecule has 9 heavy (non-hydrogen) atoms. The van der Waals surface area contributed by atoms with Gasteiger partial charge >= 0.3 is 0 Å². The van der Waals surface area contributed by atoms with E-state index in [0.717, 1.165) is 0 Å². The van der Waals surface area contributed by atoms with Crippen LogP contribution in [0.1, 0.15) is 0 Å². The molecular weight excluding hydrogens is 170 g/mol. The van der Waals surface area contributed by atoms with Crippen molar-refractivity contribution >= 4 is 0 Å². The molecule has 1 rings (SSSR count). The van der Waals surface area contributed by atoms with E-state index in [-0.39, 0.29) is 22.8 Å². The molecular formula is C5H5CuNO2. The van der Waals surface area contributed by atoms with Crippen molar-refractivity contribution in [1.29, 1.82) is 0 Å². The summed E-state index contributed by atoms with van der Waals surface area (Å²) < 4.78 is 0. The van der Waals surface area contributed by atoms with Crippen LogP contribution in [0.15, 0.2) is 23.1 Å². The van der Waals surface area contributed by atoms with E-state index in [4.69, 9.17) is 5.11 Å². The van der Waals surface area contributed by atoms with Crippen molar-refractivity contribution in [3.8, 4) is 5.75 Å². The van der Waals surface area contributed by atoms with E-state index >= 15 is 0 Å². The molecule has 0 aliphatic carbocycles. The van der Waals surface area contributed by atoms with Crippen LogP contribution in [0.5, 0.6) is 5.75 Å². The molecule has 1 aromatic rings. The number of hydrogen-bond donors (Lipinski definition) is 2. The van der Waals surface area contributed by atoms with E-state index < -0.39 is 5.56 Å². The number of aromatic amines is 1. The van der Waals surface area contributed by atoms with Crippen LogP contribution in [-0.2, 0) is 17.1 Å². The molecule has 0 aromatic carbocycles. The largest absolute Gasteiger partial charge is 0.503 e. The fraction of sp³-hybridized carbons (Fsp3) is 0. The van der Waals surface area contributed by atoms with E-state index in [0.29, 0.717) is 0 Å². The molecule has 53 valence electrons. The molecule has 0 unspecified atom stereocenters. The maximum absolute atomic E-state index is 10.3. The normalized spacial score (nSPS) is 8.00. The Morgan fingerprint density at radius 1 is 1.56 bits per heavy atom. The van der Waals surface area contributed by atoms with Crippen LogP contribution in [0.4, 0.5) is 0 Å². The van der Waals surface area contributed by atoms with Crippen LogP contribution in [0.3, 0.4) is 0 Å². The maximum atomic E-state index is 10.3. The molecule has 0 aliphatic heterocycles. The molecule has 0 bridgehead atoms. The Morgan fingerprint density at radius 3 is 2.56 bits per heavy atom. The van der Waals surface area contributed by atoms with Crippen LogP contribution in [-0.4, -0.2) is 10.1 Å². The molecule has 0 atom stereocenters. The van der Waals surface area contributed by atoms with Crippen molar-refractivity contribution in [2.75, 3.05) is 0 Å². The topological polar surface area (TPSA) is 53.1 Å². The van der Waals surface area contributed by atoms with Crippen LogP contribution < -0.4 is 5.56 Å². The van der Waals surface area contributed by atoms with Crippen molar-refractivity contribution < 1.29 is 22.2 Å². The zero-order valence-electron chi connectivity index (χ0n) is 4.39. The second-order valence-corrected chi connectivity index (χ2v) is 1.38. The quantitative estimate of drug-likeness (QED) is 0.548. The molecule has 0 saturated carbocycles. The van der Waals surface area contributed by atoms with Gasteiger partial charge in [0, 0.05) is 23.3 Å². The minimum atomic E-state index is -0.451. The van der Waals surface area contributed by atoms with Gasteiger partial charge < -0.3 is 10.1 Å². The Hall–Kier alpha value is -0.731. The summed E-state index contributed by atoms with van der Waals surface area (Å²) in [6.07, 6.45) is 1.46. The average Bonchev–Trinajstić information content (AvgIpc) is 1.77. The van der Waals surface area contributed by atoms with Gasteiger partial charge in [0.2, 0.25) is 0 Å². The third-order valence-electron chi connectivity index (χ3n) is 0.797. The summed E-state index contributed by atoms with van der Waals surface area (Å²) in [4.78, 5) is 12.6. The summed E-state index contributed by atoms with van der Waals surface area (Å²) in [7, 11) is 0. The number of nitrogens with one attached hydrogen (secondary N) is 1. The predicted molar refractivity (Wildman–Crippen MR) is 28.7 cm³/mol. The molecule has 0 amide bonds. The second-order valence-electron chi connectivity index (χ2n) is 1.38. The molecule has 1 aromatic heterocycles. The van der Waals surface area contributed by atoms with E-state index in [1.54, 1.807) is 6.07 Å². The maximum Gasteiger partial charge on any atom is 0.290 e. The summed E-state index contributed by atoms with van der Waals surface area (Å²) in [5, 5.41) is 8.58. The summed E-state index contributed by atoms with van der Waals surface area (Å²) in [6.45, 7) is 0. The monoisotopic (exact) mass is 174 g/mol. The van der Waals surface area contributed by atoms with E-state index in [2.05, 4.69) is 4.98 Å². The molecule has 3 nitrogen and oxygen atoms in total. The van der Waals surface area contributed by atoms with E-state index in [1.165, 1.54) is 12.3 Å². The fourth-order valence-corrected chi connectivity index (χ4v) is 0.413. The van der Waals surface area contributed by atoms with Crippen LogP contribution >= 0.6 is 0 Å². The van der Waals surface area contributed by atoms with Crippen molar-refractivity contribution in [1.82, 2.24) is 4.98 Å². The Labute approximate surface area is 62.2 Å². The number of pyridine rings is 1. The molecule has 1 radical (unpaired) electrons. The molecule has 0 aliphatic rings. The predicted octanol–water partition coefficient (Wildman–Crippen LogP) is 0.0780. The standard InChI is InChI=1S/C5H5NO2.Cu/c7-4-2-1-3-6-5(4)8;/h1-3,7H,(H,6,8);. The van der Waals surface area contributed by atoms with Crippen molar-refractivity contribution in [3.63, 3.8) is 0 Å². The van der Waals surface area contributed by atoms with Crippen molar-refractivity contribution in [3.05, 3.63) is 28.7 Å². The van der Waals surface area contributed by atoms with Gasteiger partial charge in [0.05, 0.1) is 0 Å². The van der Waals surface area contributed by atoms with Crippen LogP contribution in [0.25, 0.3) is 0 Å². The first-order valence-corrected chi connectivity index (χ1v) is 2.17. The Morgan fingerprint density at radius 2 is 2.22 bits per heavy atom. The van der Waals surface area contributed by atoms with Crippen LogP contribution in [0.2, 0.25) is 0 Å². The Bertz CT molecular complexity index is 232. The first kappa shape index (κ1) is 8.27. The molecule has 2 N–H and O–H groups in total. The zero-order chi connectivity index (χ0) is 5.98. The first-order valence-electron chi connectivity index (χ1n) is 2.17. The summed E-state index contributed by atoms with van der Waals surface area (Å²) in [5.41, 5.74) is -0.451. The second kappa shape index (κ2) is 3.33. The third kappa shape index (κ3) is 1.91. The van der Waals surface area contributed by atoms with Crippen molar-refractivity contribution in [2.24, 2.45) is 0 Å². The summed E-state index contributed by atoms with van der Waals surface area (Å²) in [5.74, 6) is -0.243. The molecule has 0 fully saturated rings. The van der Waals surface area contributed by atoms with Gasteiger partial charge in [0.15, 0.2) is 5.75 Å². The van der Waals surface area contributed by atoms with E-state index in [9.17, 15) is 4.79 Å². The molecule has 1 heterocycles. The molecule has 0 spiro atoms. The summed E-state index contributed by atoms with van der Waals surface area (Å²) in [6, 6.07) is 2.88. The van der Waals surface area contributed by atoms with Gasteiger partial charge in [-0.2, -0.15) is 0 Å². The number of aromatic hydroxyl groups is 1. The SMILES string of the molecule is O=c1[nH]cccc1O.[Cu]. The third-order valence-corrected chi connectivity index (χ3v) is 0.797. The molecule has 0 saturated heterocycles. The van der Waals surface area contributed by atoms with Gasteiger partial charge in [-0.3, -0.25) is 4.79 Å².